The van der Waals surface area contributed by atoms with Crippen molar-refractivity contribution in [2.75, 3.05) is 0 Å². The first-order valence-corrected chi connectivity index (χ1v) is 6.92. The van der Waals surface area contributed by atoms with Gasteiger partial charge in [-0.2, -0.15) is 13.2 Å². The second-order valence-corrected chi connectivity index (χ2v) is 5.47. The molecule has 1 aromatic heterocycles. The maximum atomic E-state index is 12.5. The Morgan fingerprint density at radius 2 is 1.86 bits per heavy atom. The molecule has 0 radical (unpaired) electrons. The highest BCUT2D eigenvalue weighted by Gasteiger charge is 2.30. The van der Waals surface area contributed by atoms with Gasteiger partial charge in [0.2, 0.25) is 0 Å². The van der Waals surface area contributed by atoms with E-state index in [0.717, 1.165) is 27.7 Å². The quantitative estimate of drug-likeness (QED) is 0.647. The molecule has 0 saturated heterocycles. The number of hydrogen-bond donors (Lipinski definition) is 2. The van der Waals surface area contributed by atoms with Gasteiger partial charge >= 0.3 is 6.18 Å². The fourth-order valence-corrected chi connectivity index (χ4v) is 2.34. The van der Waals surface area contributed by atoms with E-state index in [9.17, 15) is 13.2 Å². The van der Waals surface area contributed by atoms with Crippen molar-refractivity contribution >= 4 is 15.9 Å². The maximum Gasteiger partial charge on any atom is 0.416 e. The number of nitrogens with two attached hydrogens (primary N) is 1. The van der Waals surface area contributed by atoms with Gasteiger partial charge in [0.05, 0.1) is 11.6 Å². The highest BCUT2D eigenvalue weighted by molar-refractivity contribution is 9.10. The zero-order valence-electron chi connectivity index (χ0n) is 10.9. The highest BCUT2D eigenvalue weighted by Crippen LogP contribution is 2.29. The van der Waals surface area contributed by atoms with E-state index in [0.29, 0.717) is 6.42 Å². The molecule has 0 aliphatic rings. The Morgan fingerprint density at radius 3 is 2.38 bits per heavy atom. The molecule has 1 unspecified atom stereocenters. The van der Waals surface area contributed by atoms with Crippen molar-refractivity contribution in [3.05, 3.63) is 63.9 Å². The summed E-state index contributed by atoms with van der Waals surface area (Å²) >= 11 is 3.32. The molecule has 21 heavy (non-hydrogen) atoms. The van der Waals surface area contributed by atoms with Crippen molar-refractivity contribution in [2.24, 2.45) is 5.84 Å². The Bertz CT molecular complexity index is 599. The topological polar surface area (TPSA) is 50.9 Å². The van der Waals surface area contributed by atoms with Crippen molar-refractivity contribution in [1.82, 2.24) is 10.4 Å². The molecule has 0 spiro atoms. The van der Waals surface area contributed by atoms with E-state index in [4.69, 9.17) is 5.84 Å². The number of nitrogens with one attached hydrogen (secondary N) is 1. The number of hydrogen-bond acceptors (Lipinski definition) is 3. The van der Waals surface area contributed by atoms with E-state index in [1.807, 2.05) is 6.07 Å². The van der Waals surface area contributed by atoms with Gasteiger partial charge in [-0.1, -0.05) is 12.1 Å². The predicted octanol–water partition coefficient (Wildman–Crippen LogP) is 3.61. The van der Waals surface area contributed by atoms with Crippen LogP contribution in [0, 0.1) is 0 Å². The van der Waals surface area contributed by atoms with Crippen molar-refractivity contribution in [3.8, 4) is 0 Å². The third-order valence-electron chi connectivity index (χ3n) is 3.05. The van der Waals surface area contributed by atoms with Crippen LogP contribution in [0.3, 0.4) is 0 Å². The van der Waals surface area contributed by atoms with E-state index in [-0.39, 0.29) is 6.04 Å². The summed E-state index contributed by atoms with van der Waals surface area (Å²) in [5, 5.41) is 0. The number of pyridine rings is 1. The van der Waals surface area contributed by atoms with E-state index in [1.165, 1.54) is 12.1 Å². The first-order chi connectivity index (χ1) is 9.90. The Balaban J connectivity index is 2.15. The normalized spacial score (nSPS) is 13.2. The summed E-state index contributed by atoms with van der Waals surface area (Å²) in [5.74, 6) is 5.53. The van der Waals surface area contributed by atoms with Gasteiger partial charge in [0.15, 0.2) is 0 Å². The standard InChI is InChI=1S/C14H13BrF3N3/c15-12-6-10(7-20-8-12)13(21-19)5-9-1-3-11(4-2-9)14(16,17)18/h1-4,6-8,13,21H,5,19H2. The fraction of sp³-hybridized carbons (Fsp3) is 0.214. The van der Waals surface area contributed by atoms with Gasteiger partial charge in [0, 0.05) is 16.9 Å². The second-order valence-electron chi connectivity index (χ2n) is 4.55. The van der Waals surface area contributed by atoms with Crippen LogP contribution in [0.25, 0.3) is 0 Å². The van der Waals surface area contributed by atoms with Crippen molar-refractivity contribution in [1.29, 1.82) is 0 Å². The average molecular weight is 360 g/mol. The van der Waals surface area contributed by atoms with Gasteiger partial charge in [0.1, 0.15) is 0 Å². The molecule has 0 aliphatic heterocycles. The molecular formula is C14H13BrF3N3. The predicted molar refractivity (Wildman–Crippen MR) is 77.1 cm³/mol. The third-order valence-corrected chi connectivity index (χ3v) is 3.48. The minimum atomic E-state index is -4.32. The van der Waals surface area contributed by atoms with Crippen LogP contribution in [-0.2, 0) is 12.6 Å². The SMILES string of the molecule is NNC(Cc1ccc(C(F)(F)F)cc1)c1cncc(Br)c1. The zero-order chi connectivity index (χ0) is 15.5. The van der Waals surface area contributed by atoms with Crippen molar-refractivity contribution in [2.45, 2.75) is 18.6 Å². The zero-order valence-corrected chi connectivity index (χ0v) is 12.4. The summed E-state index contributed by atoms with van der Waals surface area (Å²) < 4.78 is 38.3. The van der Waals surface area contributed by atoms with E-state index < -0.39 is 11.7 Å². The van der Waals surface area contributed by atoms with E-state index in [2.05, 4.69) is 26.3 Å². The van der Waals surface area contributed by atoms with Gasteiger partial charge in [-0.3, -0.25) is 16.3 Å². The second kappa shape index (κ2) is 6.55. The molecule has 3 N–H and O–H groups in total. The largest absolute Gasteiger partial charge is 0.416 e. The van der Waals surface area contributed by atoms with Crippen LogP contribution in [-0.4, -0.2) is 4.98 Å². The maximum absolute atomic E-state index is 12.5. The van der Waals surface area contributed by atoms with Crippen LogP contribution >= 0.6 is 15.9 Å². The molecule has 0 aliphatic carbocycles. The van der Waals surface area contributed by atoms with Gasteiger partial charge in [-0.25, -0.2) is 0 Å². The minimum Gasteiger partial charge on any atom is -0.271 e. The molecule has 0 fully saturated rings. The number of rotatable bonds is 4. The Labute approximate surface area is 128 Å². The lowest BCUT2D eigenvalue weighted by atomic mass is 10.00. The highest BCUT2D eigenvalue weighted by atomic mass is 79.9. The van der Waals surface area contributed by atoms with Gasteiger partial charge in [0.25, 0.3) is 0 Å². The Kier molecular flexibility index (Phi) is 4.97. The Hall–Kier alpha value is -1.44. The first kappa shape index (κ1) is 15.9. The molecule has 7 heteroatoms. The fourth-order valence-electron chi connectivity index (χ4n) is 1.96. The van der Waals surface area contributed by atoms with Gasteiger partial charge < -0.3 is 0 Å². The van der Waals surface area contributed by atoms with E-state index in [1.54, 1.807) is 12.4 Å². The van der Waals surface area contributed by atoms with Crippen molar-refractivity contribution < 1.29 is 13.2 Å². The molecular weight excluding hydrogens is 347 g/mol. The van der Waals surface area contributed by atoms with Crippen LogP contribution in [0.5, 0.6) is 0 Å². The molecule has 1 aromatic carbocycles. The molecule has 1 atom stereocenters. The summed E-state index contributed by atoms with van der Waals surface area (Å²) in [6, 6.07) is 6.69. The van der Waals surface area contributed by atoms with Gasteiger partial charge in [-0.05, 0) is 51.7 Å². The number of benzene rings is 1. The van der Waals surface area contributed by atoms with Crippen LogP contribution in [0.2, 0.25) is 0 Å². The first-order valence-electron chi connectivity index (χ1n) is 6.13. The lowest BCUT2D eigenvalue weighted by molar-refractivity contribution is -0.137. The molecule has 2 rings (SSSR count). The monoisotopic (exact) mass is 359 g/mol. The van der Waals surface area contributed by atoms with Crippen LogP contribution < -0.4 is 11.3 Å². The number of hydrazine groups is 1. The third kappa shape index (κ3) is 4.26. The van der Waals surface area contributed by atoms with Gasteiger partial charge in [-0.15, -0.1) is 0 Å². The lowest BCUT2D eigenvalue weighted by Crippen LogP contribution is -2.29. The summed E-state index contributed by atoms with van der Waals surface area (Å²) in [7, 11) is 0. The molecule has 0 saturated carbocycles. The Morgan fingerprint density at radius 1 is 1.19 bits per heavy atom. The van der Waals surface area contributed by atoms with E-state index >= 15 is 0 Å². The number of alkyl halides is 3. The molecule has 0 amide bonds. The summed E-state index contributed by atoms with van der Waals surface area (Å²) in [4.78, 5) is 4.05. The number of halogens is 4. The minimum absolute atomic E-state index is 0.230. The molecule has 3 nitrogen and oxygen atoms in total. The molecule has 2 aromatic rings. The lowest BCUT2D eigenvalue weighted by Gasteiger charge is -2.17. The summed E-state index contributed by atoms with van der Waals surface area (Å²) in [6.45, 7) is 0. The summed E-state index contributed by atoms with van der Waals surface area (Å²) in [6.07, 6.45) is -0.542. The molecule has 112 valence electrons. The smallest absolute Gasteiger partial charge is 0.271 e. The van der Waals surface area contributed by atoms with Crippen LogP contribution in [0.1, 0.15) is 22.7 Å². The number of nitrogens with zero attached hydrogens (tertiary/aromatic N) is 1. The van der Waals surface area contributed by atoms with Crippen molar-refractivity contribution in [3.63, 3.8) is 0 Å². The molecule has 0 bridgehead atoms. The average Bonchev–Trinajstić information content (AvgIpc) is 2.44. The van der Waals surface area contributed by atoms with Crippen LogP contribution in [0.4, 0.5) is 13.2 Å². The summed E-state index contributed by atoms with van der Waals surface area (Å²) in [5.41, 5.74) is 3.61. The van der Waals surface area contributed by atoms with Crippen LogP contribution in [0.15, 0.2) is 47.2 Å². The number of aromatic nitrogens is 1. The molecule has 1 heterocycles.